The van der Waals surface area contributed by atoms with E-state index >= 15 is 0 Å². The molecule has 0 aliphatic heterocycles. The fourth-order valence-corrected chi connectivity index (χ4v) is 1.09. The Labute approximate surface area is 57.1 Å². The Hall–Kier alpha value is -1.31. The Kier molecular flexibility index (Phi) is 1.01. The molecule has 2 nitrogen and oxygen atoms in total. The second-order valence-corrected chi connectivity index (χ2v) is 2.21. The van der Waals surface area contributed by atoms with Crippen molar-refractivity contribution in [1.82, 2.24) is 0 Å². The molecule has 1 aromatic rings. The molecule has 0 unspecified atom stereocenters. The number of hydrogen-bond acceptors (Lipinski definition) is 2. The molecule has 0 N–H and O–H groups in total. The van der Waals surface area contributed by atoms with E-state index in [-0.39, 0.29) is 5.43 Å². The lowest BCUT2D eigenvalue weighted by Gasteiger charge is -1.80. The molecule has 1 heterocycles. The topological polar surface area (TPSA) is 30.2 Å². The van der Waals surface area contributed by atoms with Gasteiger partial charge in [0.15, 0.2) is 5.43 Å². The summed E-state index contributed by atoms with van der Waals surface area (Å²) in [6.07, 6.45) is 6.02. The first-order valence-electron chi connectivity index (χ1n) is 3.16. The standard InChI is InChI=1S/C8H6O2/c9-7-4-5-10-8-3-1-2-6(7)8/h2-5H,1H2. The summed E-state index contributed by atoms with van der Waals surface area (Å²) >= 11 is 0. The van der Waals surface area contributed by atoms with Crippen molar-refractivity contribution in [2.45, 2.75) is 6.42 Å². The van der Waals surface area contributed by atoms with Crippen LogP contribution >= 0.6 is 0 Å². The maximum absolute atomic E-state index is 11.0. The van der Waals surface area contributed by atoms with E-state index in [9.17, 15) is 4.79 Å². The number of hydrogen-bond donors (Lipinski definition) is 0. The minimum Gasteiger partial charge on any atom is -0.464 e. The van der Waals surface area contributed by atoms with Crippen LogP contribution in [0.2, 0.25) is 0 Å². The van der Waals surface area contributed by atoms with Crippen LogP contribution in [0, 0.1) is 0 Å². The summed E-state index contributed by atoms with van der Waals surface area (Å²) in [6.45, 7) is 0. The van der Waals surface area contributed by atoms with Crippen LogP contribution in [0.5, 0.6) is 0 Å². The molecule has 2 heteroatoms. The molecule has 1 aliphatic rings. The fraction of sp³-hybridized carbons (Fsp3) is 0.125. The van der Waals surface area contributed by atoms with Gasteiger partial charge in [-0.05, 0) is 12.5 Å². The molecule has 0 fully saturated rings. The van der Waals surface area contributed by atoms with Crippen molar-refractivity contribution in [1.29, 1.82) is 0 Å². The van der Waals surface area contributed by atoms with E-state index in [1.54, 1.807) is 0 Å². The van der Waals surface area contributed by atoms with Crippen LogP contribution in [0.3, 0.4) is 0 Å². The van der Waals surface area contributed by atoms with E-state index in [0.29, 0.717) is 10.6 Å². The van der Waals surface area contributed by atoms with E-state index in [2.05, 4.69) is 0 Å². The molecule has 0 radical (unpaired) electrons. The van der Waals surface area contributed by atoms with Crippen molar-refractivity contribution in [2.24, 2.45) is 0 Å². The van der Waals surface area contributed by atoms with Crippen molar-refractivity contribution in [3.8, 4) is 0 Å². The molecular weight excluding hydrogens is 128 g/mol. The summed E-state index contributed by atoms with van der Waals surface area (Å²) in [5, 5.41) is 0.711. The van der Waals surface area contributed by atoms with Gasteiger partial charge >= 0.3 is 0 Å². The van der Waals surface area contributed by atoms with Crippen molar-refractivity contribution < 1.29 is 4.42 Å². The summed E-state index contributed by atoms with van der Waals surface area (Å²) in [5.41, 5.74) is 0.766. The molecule has 0 saturated heterocycles. The molecule has 2 rings (SSSR count). The zero-order valence-corrected chi connectivity index (χ0v) is 5.33. The zero-order chi connectivity index (χ0) is 6.97. The second kappa shape index (κ2) is 1.84. The first-order chi connectivity index (χ1) is 4.88. The lowest BCUT2D eigenvalue weighted by molar-refractivity contribution is 0.509. The number of fused-ring (bicyclic) bond motifs is 1. The van der Waals surface area contributed by atoms with Gasteiger partial charge in [-0.15, -0.1) is 0 Å². The Bertz CT molecular complexity index is 412. The summed E-state index contributed by atoms with van der Waals surface area (Å²) in [7, 11) is 0. The van der Waals surface area contributed by atoms with Gasteiger partial charge < -0.3 is 4.42 Å². The van der Waals surface area contributed by atoms with Gasteiger partial charge in [0.1, 0.15) is 5.42 Å². The molecule has 0 amide bonds. The third-order valence-electron chi connectivity index (χ3n) is 1.57. The van der Waals surface area contributed by atoms with Gasteiger partial charge in [0.05, 0.1) is 11.5 Å². The molecule has 1 aromatic heterocycles. The predicted molar refractivity (Wildman–Crippen MR) is 37.8 cm³/mol. The molecule has 50 valence electrons. The van der Waals surface area contributed by atoms with Crippen LogP contribution in [0.25, 0.3) is 12.2 Å². The molecule has 0 atom stereocenters. The van der Waals surface area contributed by atoms with Crippen LogP contribution in [0.1, 0.15) is 6.42 Å². The van der Waals surface area contributed by atoms with Crippen molar-refractivity contribution >= 4 is 12.2 Å². The van der Waals surface area contributed by atoms with Crippen molar-refractivity contribution in [3.05, 3.63) is 33.2 Å². The van der Waals surface area contributed by atoms with E-state index in [0.717, 1.165) is 6.42 Å². The Morgan fingerprint density at radius 3 is 3.10 bits per heavy atom. The van der Waals surface area contributed by atoms with E-state index in [4.69, 9.17) is 4.42 Å². The first kappa shape index (κ1) is 5.47. The second-order valence-electron chi connectivity index (χ2n) is 2.21. The van der Waals surface area contributed by atoms with Gasteiger partial charge in [0.25, 0.3) is 0 Å². The molecule has 0 spiro atoms. The summed E-state index contributed by atoms with van der Waals surface area (Å²) < 4.78 is 5.06. The zero-order valence-electron chi connectivity index (χ0n) is 5.33. The average molecular weight is 134 g/mol. The van der Waals surface area contributed by atoms with Crippen LogP contribution in [-0.2, 0) is 0 Å². The number of rotatable bonds is 0. The van der Waals surface area contributed by atoms with Crippen molar-refractivity contribution in [3.63, 3.8) is 0 Å². The maximum atomic E-state index is 11.0. The largest absolute Gasteiger partial charge is 0.464 e. The summed E-state index contributed by atoms with van der Waals surface area (Å²) in [4.78, 5) is 11.0. The first-order valence-corrected chi connectivity index (χ1v) is 3.16. The molecular formula is C8H6O2. The quantitative estimate of drug-likeness (QED) is 0.483. The smallest absolute Gasteiger partial charge is 0.192 e. The van der Waals surface area contributed by atoms with Gasteiger partial charge in [0.2, 0.25) is 0 Å². The highest BCUT2D eigenvalue weighted by Gasteiger charge is 1.96. The maximum Gasteiger partial charge on any atom is 0.192 e. The lowest BCUT2D eigenvalue weighted by Crippen LogP contribution is -2.35. The van der Waals surface area contributed by atoms with Gasteiger partial charge in [0, 0.05) is 6.07 Å². The van der Waals surface area contributed by atoms with Gasteiger partial charge in [-0.1, -0.05) is 6.08 Å². The highest BCUT2D eigenvalue weighted by atomic mass is 16.3. The molecule has 10 heavy (non-hydrogen) atoms. The van der Waals surface area contributed by atoms with E-state index < -0.39 is 0 Å². The third-order valence-corrected chi connectivity index (χ3v) is 1.57. The highest BCUT2D eigenvalue weighted by molar-refractivity contribution is 5.42. The Morgan fingerprint density at radius 2 is 2.30 bits per heavy atom. The Morgan fingerprint density at radius 1 is 1.40 bits per heavy atom. The molecule has 0 aromatic carbocycles. The predicted octanol–water partition coefficient (Wildman–Crippen LogP) is -0.395. The van der Waals surface area contributed by atoms with Gasteiger partial charge in [-0.25, -0.2) is 0 Å². The fourth-order valence-electron chi connectivity index (χ4n) is 1.09. The molecule has 0 bridgehead atoms. The highest BCUT2D eigenvalue weighted by Crippen LogP contribution is 1.84. The van der Waals surface area contributed by atoms with Gasteiger partial charge in [-0.3, -0.25) is 4.79 Å². The van der Waals surface area contributed by atoms with Crippen LogP contribution in [0.15, 0.2) is 21.5 Å². The van der Waals surface area contributed by atoms with Crippen LogP contribution in [-0.4, -0.2) is 0 Å². The van der Waals surface area contributed by atoms with Crippen LogP contribution < -0.4 is 16.1 Å². The normalized spacial score (nSPS) is 13.6. The van der Waals surface area contributed by atoms with Crippen LogP contribution in [0.4, 0.5) is 0 Å². The minimum absolute atomic E-state index is 0.0509. The van der Waals surface area contributed by atoms with Gasteiger partial charge in [-0.2, -0.15) is 0 Å². The summed E-state index contributed by atoms with van der Waals surface area (Å²) in [5.74, 6) is 0. The average Bonchev–Trinajstić information content (AvgIpc) is 2.36. The Balaban J connectivity index is 3.12. The summed E-state index contributed by atoms with van der Waals surface area (Å²) in [6, 6.07) is 1.44. The molecule has 0 saturated carbocycles. The SMILES string of the molecule is O=c1ccoc2c1=CCC=2. The van der Waals surface area contributed by atoms with E-state index in [1.165, 1.54) is 12.3 Å². The molecule has 1 aliphatic carbocycles. The van der Waals surface area contributed by atoms with Crippen molar-refractivity contribution in [2.75, 3.05) is 0 Å². The van der Waals surface area contributed by atoms with E-state index in [1.807, 2.05) is 12.2 Å². The lowest BCUT2D eigenvalue weighted by atomic mass is 10.4. The third kappa shape index (κ3) is 0.620. The monoisotopic (exact) mass is 134 g/mol. The minimum atomic E-state index is 0.0509.